The zero-order valence-corrected chi connectivity index (χ0v) is 14.2. The maximum absolute atomic E-state index is 12.3. The standard InChI is InChI=1S/C15H13Br2NO2/c1-9-3-6-13(14(7-9)20-2)18-15(19)11-8-10(16)4-5-12(11)17/h3-8H,1-2H3,(H,18,19). The van der Waals surface area contributed by atoms with E-state index in [1.54, 1.807) is 13.2 Å². The molecule has 0 radical (unpaired) electrons. The van der Waals surface area contributed by atoms with E-state index >= 15 is 0 Å². The summed E-state index contributed by atoms with van der Waals surface area (Å²) in [5.41, 5.74) is 2.28. The van der Waals surface area contributed by atoms with E-state index in [1.807, 2.05) is 37.3 Å². The van der Waals surface area contributed by atoms with Crippen LogP contribution < -0.4 is 10.1 Å². The number of anilines is 1. The van der Waals surface area contributed by atoms with Gasteiger partial charge in [-0.2, -0.15) is 0 Å². The molecule has 104 valence electrons. The molecule has 0 aliphatic heterocycles. The van der Waals surface area contributed by atoms with Crippen LogP contribution in [0.5, 0.6) is 5.75 Å². The number of ether oxygens (including phenoxy) is 1. The zero-order valence-electron chi connectivity index (χ0n) is 11.0. The van der Waals surface area contributed by atoms with E-state index in [9.17, 15) is 4.79 Å². The Kier molecular flexibility index (Phi) is 4.83. The molecule has 0 saturated heterocycles. The van der Waals surface area contributed by atoms with Crippen LogP contribution in [0.15, 0.2) is 45.3 Å². The summed E-state index contributed by atoms with van der Waals surface area (Å²) in [5, 5.41) is 2.86. The second-order valence-corrected chi connectivity index (χ2v) is 6.05. The van der Waals surface area contributed by atoms with E-state index in [1.165, 1.54) is 0 Å². The Bertz CT molecular complexity index is 656. The van der Waals surface area contributed by atoms with Crippen molar-refractivity contribution in [3.05, 3.63) is 56.5 Å². The van der Waals surface area contributed by atoms with Crippen molar-refractivity contribution in [3.8, 4) is 5.75 Å². The summed E-state index contributed by atoms with van der Waals surface area (Å²) in [6.07, 6.45) is 0. The highest BCUT2D eigenvalue weighted by Crippen LogP contribution is 2.27. The highest BCUT2D eigenvalue weighted by molar-refractivity contribution is 9.11. The van der Waals surface area contributed by atoms with Gasteiger partial charge in [-0.3, -0.25) is 4.79 Å². The molecule has 0 spiro atoms. The van der Waals surface area contributed by atoms with Crippen molar-refractivity contribution >= 4 is 43.5 Å². The molecule has 20 heavy (non-hydrogen) atoms. The van der Waals surface area contributed by atoms with Crippen LogP contribution in [0.3, 0.4) is 0 Å². The quantitative estimate of drug-likeness (QED) is 0.807. The maximum Gasteiger partial charge on any atom is 0.256 e. The Hall–Kier alpha value is -1.33. The molecular formula is C15H13Br2NO2. The minimum absolute atomic E-state index is 0.194. The third kappa shape index (κ3) is 3.41. The number of hydrogen-bond acceptors (Lipinski definition) is 2. The predicted molar refractivity (Wildman–Crippen MR) is 87.5 cm³/mol. The van der Waals surface area contributed by atoms with Crippen LogP contribution in [0, 0.1) is 6.92 Å². The number of hydrogen-bond donors (Lipinski definition) is 1. The van der Waals surface area contributed by atoms with Crippen LogP contribution in [0.2, 0.25) is 0 Å². The molecule has 0 fully saturated rings. The fourth-order valence-corrected chi connectivity index (χ4v) is 2.55. The van der Waals surface area contributed by atoms with Crippen LogP contribution in [0.25, 0.3) is 0 Å². The van der Waals surface area contributed by atoms with E-state index in [4.69, 9.17) is 4.74 Å². The normalized spacial score (nSPS) is 10.2. The first-order valence-corrected chi connectivity index (χ1v) is 7.51. The molecule has 1 N–H and O–H groups in total. The minimum Gasteiger partial charge on any atom is -0.495 e. The molecular weight excluding hydrogens is 386 g/mol. The minimum atomic E-state index is -0.194. The van der Waals surface area contributed by atoms with Crippen molar-refractivity contribution in [2.45, 2.75) is 6.92 Å². The van der Waals surface area contributed by atoms with Crippen molar-refractivity contribution in [1.82, 2.24) is 0 Å². The lowest BCUT2D eigenvalue weighted by Gasteiger charge is -2.12. The van der Waals surface area contributed by atoms with Crippen LogP contribution >= 0.6 is 31.9 Å². The first kappa shape index (κ1) is 15.1. The molecule has 3 nitrogen and oxygen atoms in total. The molecule has 5 heteroatoms. The molecule has 2 aromatic carbocycles. The van der Waals surface area contributed by atoms with Gasteiger partial charge in [0.05, 0.1) is 18.4 Å². The molecule has 0 atom stereocenters. The molecule has 2 aromatic rings. The zero-order chi connectivity index (χ0) is 14.7. The highest BCUT2D eigenvalue weighted by Gasteiger charge is 2.13. The van der Waals surface area contributed by atoms with Gasteiger partial charge in [0.1, 0.15) is 5.75 Å². The fourth-order valence-electron chi connectivity index (χ4n) is 1.76. The third-order valence-electron chi connectivity index (χ3n) is 2.78. The van der Waals surface area contributed by atoms with E-state index in [0.29, 0.717) is 17.0 Å². The Morgan fingerprint density at radius 3 is 2.60 bits per heavy atom. The molecule has 0 aliphatic carbocycles. The average Bonchev–Trinajstić information content (AvgIpc) is 2.43. The molecule has 0 heterocycles. The van der Waals surface area contributed by atoms with Crippen molar-refractivity contribution in [3.63, 3.8) is 0 Å². The van der Waals surface area contributed by atoms with Gasteiger partial charge in [0.2, 0.25) is 0 Å². The number of halogens is 2. The fraction of sp³-hybridized carbons (Fsp3) is 0.133. The average molecular weight is 399 g/mol. The van der Waals surface area contributed by atoms with Gasteiger partial charge >= 0.3 is 0 Å². The molecule has 0 aromatic heterocycles. The molecule has 2 rings (SSSR count). The lowest BCUT2D eigenvalue weighted by atomic mass is 10.2. The van der Waals surface area contributed by atoms with Crippen LogP contribution in [-0.2, 0) is 0 Å². The van der Waals surface area contributed by atoms with E-state index in [0.717, 1.165) is 14.5 Å². The summed E-state index contributed by atoms with van der Waals surface area (Å²) in [5.74, 6) is 0.449. The third-order valence-corrected chi connectivity index (χ3v) is 3.96. The summed E-state index contributed by atoms with van der Waals surface area (Å²) in [7, 11) is 1.58. The van der Waals surface area contributed by atoms with Gasteiger partial charge in [-0.05, 0) is 58.7 Å². The van der Waals surface area contributed by atoms with E-state index in [2.05, 4.69) is 37.2 Å². The summed E-state index contributed by atoms with van der Waals surface area (Å²) < 4.78 is 6.87. The smallest absolute Gasteiger partial charge is 0.256 e. The number of amides is 1. The van der Waals surface area contributed by atoms with Crippen LogP contribution in [0.1, 0.15) is 15.9 Å². The van der Waals surface area contributed by atoms with Gasteiger partial charge in [0.25, 0.3) is 5.91 Å². The Morgan fingerprint density at radius 2 is 1.90 bits per heavy atom. The first-order chi connectivity index (χ1) is 9.51. The van der Waals surface area contributed by atoms with Crippen LogP contribution in [0.4, 0.5) is 5.69 Å². The van der Waals surface area contributed by atoms with Gasteiger partial charge in [-0.1, -0.05) is 22.0 Å². The highest BCUT2D eigenvalue weighted by atomic mass is 79.9. The van der Waals surface area contributed by atoms with Gasteiger partial charge in [-0.15, -0.1) is 0 Å². The molecule has 1 amide bonds. The summed E-state index contributed by atoms with van der Waals surface area (Å²) in [6.45, 7) is 1.97. The number of aryl methyl sites for hydroxylation is 1. The van der Waals surface area contributed by atoms with Crippen LogP contribution in [-0.4, -0.2) is 13.0 Å². The molecule has 0 aliphatic rings. The van der Waals surface area contributed by atoms with Crippen molar-refractivity contribution in [2.24, 2.45) is 0 Å². The summed E-state index contributed by atoms with van der Waals surface area (Å²) in [4.78, 5) is 12.3. The Labute approximate surface area is 134 Å². The van der Waals surface area contributed by atoms with Crippen molar-refractivity contribution < 1.29 is 9.53 Å². The first-order valence-electron chi connectivity index (χ1n) is 5.92. The number of nitrogens with one attached hydrogen (secondary N) is 1. The van der Waals surface area contributed by atoms with Gasteiger partial charge < -0.3 is 10.1 Å². The molecule has 0 unspecified atom stereocenters. The number of rotatable bonds is 3. The molecule has 0 saturated carbocycles. The monoisotopic (exact) mass is 397 g/mol. The summed E-state index contributed by atoms with van der Waals surface area (Å²) >= 11 is 6.74. The number of methoxy groups -OCH3 is 1. The van der Waals surface area contributed by atoms with Crippen molar-refractivity contribution in [1.29, 1.82) is 0 Å². The lowest BCUT2D eigenvalue weighted by molar-refractivity contribution is 0.102. The largest absolute Gasteiger partial charge is 0.495 e. The van der Waals surface area contributed by atoms with Gasteiger partial charge in [0, 0.05) is 8.95 Å². The second kappa shape index (κ2) is 6.41. The van der Waals surface area contributed by atoms with E-state index in [-0.39, 0.29) is 5.91 Å². The number of carbonyl (C=O) groups excluding carboxylic acids is 1. The maximum atomic E-state index is 12.3. The topological polar surface area (TPSA) is 38.3 Å². The van der Waals surface area contributed by atoms with Gasteiger partial charge in [0.15, 0.2) is 0 Å². The Morgan fingerprint density at radius 1 is 1.15 bits per heavy atom. The second-order valence-electron chi connectivity index (χ2n) is 4.28. The van der Waals surface area contributed by atoms with Crippen molar-refractivity contribution in [2.75, 3.05) is 12.4 Å². The molecule has 0 bridgehead atoms. The van der Waals surface area contributed by atoms with E-state index < -0.39 is 0 Å². The predicted octanol–water partition coefficient (Wildman–Crippen LogP) is 4.78. The lowest BCUT2D eigenvalue weighted by Crippen LogP contribution is -2.13. The SMILES string of the molecule is COc1cc(C)ccc1NC(=O)c1cc(Br)ccc1Br. The number of carbonyl (C=O) groups is 1. The summed E-state index contributed by atoms with van der Waals surface area (Å²) in [6, 6.07) is 11.1. The van der Waals surface area contributed by atoms with Gasteiger partial charge in [-0.25, -0.2) is 0 Å². The number of benzene rings is 2. The Balaban J connectivity index is 2.30.